The van der Waals surface area contributed by atoms with Crippen LogP contribution in [0.4, 0.5) is 4.39 Å². The van der Waals surface area contributed by atoms with Crippen molar-refractivity contribution in [3.8, 4) is 0 Å². The topological polar surface area (TPSA) is 27.6 Å². The van der Waals surface area contributed by atoms with Crippen LogP contribution in [-0.2, 0) is 6.42 Å². The summed E-state index contributed by atoms with van der Waals surface area (Å²) in [5.41, 5.74) is 1.12. The first-order valence-corrected chi connectivity index (χ1v) is 8.40. The molecule has 0 aromatic heterocycles. The molecule has 0 amide bonds. The minimum absolute atomic E-state index is 0.237. The van der Waals surface area contributed by atoms with Crippen molar-refractivity contribution >= 4 is 17.6 Å². The Kier molecular flexibility index (Phi) is 4.57. The second kappa shape index (κ2) is 6.45. The highest BCUT2D eigenvalue weighted by atomic mass is 35.5. The molecule has 0 unspecified atom stereocenters. The van der Waals surface area contributed by atoms with Crippen molar-refractivity contribution in [1.82, 2.24) is 10.2 Å². The van der Waals surface area contributed by atoms with Crippen molar-refractivity contribution < 1.29 is 4.39 Å². The lowest BCUT2D eigenvalue weighted by Crippen LogP contribution is -2.43. The Labute approximate surface area is 136 Å². The molecule has 1 N–H and O–H groups in total. The Morgan fingerprint density at radius 2 is 2.23 bits per heavy atom. The summed E-state index contributed by atoms with van der Waals surface area (Å²) in [5, 5.41) is 3.84. The molecule has 0 atom stereocenters. The molecule has 1 spiro atoms. The van der Waals surface area contributed by atoms with Gasteiger partial charge in [-0.05, 0) is 43.2 Å². The van der Waals surface area contributed by atoms with E-state index in [0.29, 0.717) is 29.0 Å². The van der Waals surface area contributed by atoms with E-state index in [1.54, 1.807) is 12.1 Å². The summed E-state index contributed by atoms with van der Waals surface area (Å²) in [7, 11) is 1.81. The maximum Gasteiger partial charge on any atom is 0.193 e. The van der Waals surface area contributed by atoms with Gasteiger partial charge in [0.15, 0.2) is 5.96 Å². The van der Waals surface area contributed by atoms with Gasteiger partial charge < -0.3 is 10.2 Å². The largest absolute Gasteiger partial charge is 0.356 e. The Morgan fingerprint density at radius 1 is 1.41 bits per heavy atom. The van der Waals surface area contributed by atoms with Crippen LogP contribution in [0.15, 0.2) is 23.2 Å². The van der Waals surface area contributed by atoms with Gasteiger partial charge in [-0.15, -0.1) is 0 Å². The van der Waals surface area contributed by atoms with E-state index >= 15 is 0 Å². The minimum Gasteiger partial charge on any atom is -0.356 e. The highest BCUT2D eigenvalue weighted by Crippen LogP contribution is 2.47. The van der Waals surface area contributed by atoms with Crippen LogP contribution >= 0.6 is 11.6 Å². The summed E-state index contributed by atoms with van der Waals surface area (Å²) in [4.78, 5) is 6.71. The van der Waals surface area contributed by atoms with Crippen molar-refractivity contribution in [2.75, 3.05) is 26.7 Å². The van der Waals surface area contributed by atoms with Crippen LogP contribution in [0.1, 0.15) is 31.2 Å². The highest BCUT2D eigenvalue weighted by Gasteiger charge is 2.43. The van der Waals surface area contributed by atoms with Crippen LogP contribution in [0.5, 0.6) is 0 Å². The Hall–Kier alpha value is -1.29. The number of guanidine groups is 1. The summed E-state index contributed by atoms with van der Waals surface area (Å²) in [6.45, 7) is 2.81. The molecule has 1 aliphatic heterocycles. The van der Waals surface area contributed by atoms with Crippen molar-refractivity contribution in [3.63, 3.8) is 0 Å². The molecule has 1 saturated carbocycles. The van der Waals surface area contributed by atoms with E-state index in [4.69, 9.17) is 11.6 Å². The predicted octanol–water partition coefficient (Wildman–Crippen LogP) is 3.47. The van der Waals surface area contributed by atoms with Crippen molar-refractivity contribution in [1.29, 1.82) is 0 Å². The summed E-state index contributed by atoms with van der Waals surface area (Å²) >= 11 is 6.06. The van der Waals surface area contributed by atoms with E-state index in [1.165, 1.54) is 31.7 Å². The first kappa shape index (κ1) is 15.6. The van der Waals surface area contributed by atoms with Gasteiger partial charge in [-0.1, -0.05) is 24.1 Å². The van der Waals surface area contributed by atoms with Gasteiger partial charge in [-0.2, -0.15) is 0 Å². The van der Waals surface area contributed by atoms with E-state index in [2.05, 4.69) is 15.2 Å². The first-order valence-electron chi connectivity index (χ1n) is 8.02. The first-order chi connectivity index (χ1) is 10.6. The van der Waals surface area contributed by atoms with Crippen molar-refractivity contribution in [2.45, 2.75) is 32.1 Å². The Bertz CT molecular complexity index is 549. The normalized spacial score (nSPS) is 20.3. The van der Waals surface area contributed by atoms with Crippen LogP contribution in [-0.4, -0.2) is 37.5 Å². The van der Waals surface area contributed by atoms with Crippen LogP contribution in [0.2, 0.25) is 5.02 Å². The smallest absolute Gasteiger partial charge is 0.193 e. The lowest BCUT2D eigenvalue weighted by molar-refractivity contribution is 0.151. The third-order valence-electron chi connectivity index (χ3n) is 5.08. The van der Waals surface area contributed by atoms with Crippen molar-refractivity contribution in [3.05, 3.63) is 34.6 Å². The van der Waals surface area contributed by atoms with Crippen LogP contribution in [0.3, 0.4) is 0 Å². The van der Waals surface area contributed by atoms with E-state index < -0.39 is 0 Å². The molecule has 1 aliphatic carbocycles. The third-order valence-corrected chi connectivity index (χ3v) is 5.44. The van der Waals surface area contributed by atoms with Gasteiger partial charge in [0.2, 0.25) is 0 Å². The maximum absolute atomic E-state index is 13.8. The zero-order valence-electron chi connectivity index (χ0n) is 13.0. The average molecular weight is 324 g/mol. The standard InChI is InChI=1S/C17H23ClFN3/c1-20-16(22-11-9-17(12-22)7-3-8-17)21-10-6-13-14(18)4-2-5-15(13)19/h2,4-5H,3,6-12H2,1H3,(H,20,21). The quantitative estimate of drug-likeness (QED) is 0.681. The molecule has 3 nitrogen and oxygen atoms in total. The van der Waals surface area contributed by atoms with Gasteiger partial charge in [-0.3, -0.25) is 4.99 Å². The molecule has 120 valence electrons. The van der Waals surface area contributed by atoms with Gasteiger partial charge in [-0.25, -0.2) is 4.39 Å². The summed E-state index contributed by atoms with van der Waals surface area (Å²) in [6.07, 6.45) is 5.90. The van der Waals surface area contributed by atoms with Crippen LogP contribution < -0.4 is 5.32 Å². The monoisotopic (exact) mass is 323 g/mol. The fraction of sp³-hybridized carbons (Fsp3) is 0.588. The number of benzene rings is 1. The number of hydrogen-bond acceptors (Lipinski definition) is 1. The second-order valence-corrected chi connectivity index (χ2v) is 6.86. The fourth-order valence-electron chi connectivity index (χ4n) is 3.60. The average Bonchev–Trinajstić information content (AvgIpc) is 2.92. The molecule has 22 heavy (non-hydrogen) atoms. The van der Waals surface area contributed by atoms with Crippen molar-refractivity contribution in [2.24, 2.45) is 10.4 Å². The molecule has 0 radical (unpaired) electrons. The number of rotatable bonds is 3. The van der Waals surface area contributed by atoms with Gasteiger partial charge in [0.25, 0.3) is 0 Å². The summed E-state index contributed by atoms with van der Waals surface area (Å²) in [6, 6.07) is 4.82. The van der Waals surface area contributed by atoms with Gasteiger partial charge in [0.05, 0.1) is 0 Å². The minimum atomic E-state index is -0.237. The van der Waals surface area contributed by atoms with Gasteiger partial charge in [0, 0.05) is 37.3 Å². The molecular formula is C17H23ClFN3. The lowest BCUT2D eigenvalue weighted by Gasteiger charge is -2.38. The molecule has 3 rings (SSSR count). The lowest BCUT2D eigenvalue weighted by atomic mass is 9.68. The molecule has 5 heteroatoms. The zero-order chi connectivity index (χ0) is 15.6. The van der Waals surface area contributed by atoms with E-state index in [-0.39, 0.29) is 5.82 Å². The summed E-state index contributed by atoms with van der Waals surface area (Å²) < 4.78 is 13.8. The molecule has 1 saturated heterocycles. The van der Waals surface area contributed by atoms with E-state index in [1.807, 2.05) is 7.05 Å². The number of nitrogens with zero attached hydrogens (tertiary/aromatic N) is 2. The van der Waals surface area contributed by atoms with E-state index in [9.17, 15) is 4.39 Å². The predicted molar refractivity (Wildman–Crippen MR) is 88.9 cm³/mol. The molecule has 1 aromatic carbocycles. The molecule has 2 fully saturated rings. The molecule has 1 heterocycles. The molecule has 1 aromatic rings. The number of halogens is 2. The number of aliphatic imine (C=N–C) groups is 1. The number of likely N-dealkylation sites (tertiary alicyclic amines) is 1. The second-order valence-electron chi connectivity index (χ2n) is 6.45. The number of hydrogen-bond donors (Lipinski definition) is 1. The molecule has 0 bridgehead atoms. The SMILES string of the molecule is CN=C(NCCc1c(F)cccc1Cl)N1CCC2(CCC2)C1. The van der Waals surface area contributed by atoms with Crippen LogP contribution in [0, 0.1) is 11.2 Å². The van der Waals surface area contributed by atoms with Crippen LogP contribution in [0.25, 0.3) is 0 Å². The zero-order valence-corrected chi connectivity index (χ0v) is 13.8. The molecule has 2 aliphatic rings. The Balaban J connectivity index is 1.54. The maximum atomic E-state index is 13.8. The van der Waals surface area contributed by atoms with Gasteiger partial charge in [0.1, 0.15) is 5.82 Å². The van der Waals surface area contributed by atoms with E-state index in [0.717, 1.165) is 19.0 Å². The third kappa shape index (κ3) is 3.07. The number of nitrogens with one attached hydrogen (secondary N) is 1. The van der Waals surface area contributed by atoms with Gasteiger partial charge >= 0.3 is 0 Å². The highest BCUT2D eigenvalue weighted by molar-refractivity contribution is 6.31. The fourth-order valence-corrected chi connectivity index (χ4v) is 3.86. The molecular weight excluding hydrogens is 301 g/mol. The Morgan fingerprint density at radius 3 is 2.82 bits per heavy atom. The summed E-state index contributed by atoms with van der Waals surface area (Å²) in [5.74, 6) is 0.690.